The van der Waals surface area contributed by atoms with E-state index in [0.717, 1.165) is 16.1 Å². The van der Waals surface area contributed by atoms with Crippen LogP contribution in [-0.4, -0.2) is 30.7 Å². The van der Waals surface area contributed by atoms with E-state index in [1.807, 2.05) is 19.1 Å². The molecule has 0 unspecified atom stereocenters. The van der Waals surface area contributed by atoms with Gasteiger partial charge in [0.05, 0.1) is 12.1 Å². The number of nitrogens with zero attached hydrogens (tertiary/aromatic N) is 4. The second-order valence-corrected chi connectivity index (χ2v) is 5.11. The number of thiazole rings is 1. The lowest BCUT2D eigenvalue weighted by molar-refractivity contribution is -0.136. The van der Waals surface area contributed by atoms with E-state index in [4.69, 9.17) is 5.11 Å². The lowest BCUT2D eigenvalue weighted by Gasteiger charge is -1.95. The number of fused-ring (bicyclic) bond motifs is 1. The first-order chi connectivity index (χ1) is 9.15. The number of pyridine rings is 1. The van der Waals surface area contributed by atoms with E-state index in [2.05, 4.69) is 15.1 Å². The summed E-state index contributed by atoms with van der Waals surface area (Å²) in [6.45, 7) is 1.85. The molecular weight excluding hydrogens is 264 g/mol. The Morgan fingerprint density at radius 3 is 2.79 bits per heavy atom. The SMILES string of the molecule is Cc1c(CC(=O)O)sc2nc(-c3ccncc3)nn12. The highest BCUT2D eigenvalue weighted by Crippen LogP contribution is 2.24. The van der Waals surface area contributed by atoms with Crippen LogP contribution in [0.5, 0.6) is 0 Å². The predicted octanol–water partition coefficient (Wildman–Crippen LogP) is 1.79. The van der Waals surface area contributed by atoms with Gasteiger partial charge in [0, 0.05) is 22.8 Å². The highest BCUT2D eigenvalue weighted by atomic mass is 32.1. The second-order valence-electron chi connectivity index (χ2n) is 4.05. The number of hydrogen-bond acceptors (Lipinski definition) is 5. The summed E-state index contributed by atoms with van der Waals surface area (Å²) in [7, 11) is 0. The van der Waals surface area contributed by atoms with Gasteiger partial charge in [-0.3, -0.25) is 9.78 Å². The van der Waals surface area contributed by atoms with Crippen LogP contribution in [0.2, 0.25) is 0 Å². The minimum Gasteiger partial charge on any atom is -0.481 e. The van der Waals surface area contributed by atoms with E-state index >= 15 is 0 Å². The average Bonchev–Trinajstić information content (AvgIpc) is 2.92. The molecule has 3 rings (SSSR count). The van der Waals surface area contributed by atoms with Crippen LogP contribution >= 0.6 is 11.3 Å². The maximum atomic E-state index is 10.8. The number of rotatable bonds is 3. The van der Waals surface area contributed by atoms with Gasteiger partial charge < -0.3 is 5.11 Å². The number of aromatic nitrogens is 4. The van der Waals surface area contributed by atoms with Gasteiger partial charge in [-0.2, -0.15) is 4.98 Å². The lowest BCUT2D eigenvalue weighted by Crippen LogP contribution is -2.00. The maximum Gasteiger partial charge on any atom is 0.308 e. The number of carboxylic acid groups (broad SMARTS) is 1. The van der Waals surface area contributed by atoms with Gasteiger partial charge >= 0.3 is 5.97 Å². The highest BCUT2D eigenvalue weighted by molar-refractivity contribution is 7.17. The van der Waals surface area contributed by atoms with Crippen LogP contribution in [0.1, 0.15) is 10.6 Å². The molecule has 0 amide bonds. The van der Waals surface area contributed by atoms with Crippen LogP contribution in [0.15, 0.2) is 24.5 Å². The van der Waals surface area contributed by atoms with Crippen LogP contribution in [-0.2, 0) is 11.2 Å². The molecule has 19 heavy (non-hydrogen) atoms. The Balaban J connectivity index is 2.06. The summed E-state index contributed by atoms with van der Waals surface area (Å²) in [6.07, 6.45) is 3.38. The van der Waals surface area contributed by atoms with Crippen LogP contribution < -0.4 is 0 Å². The molecule has 0 bridgehead atoms. The third-order valence-electron chi connectivity index (χ3n) is 2.76. The van der Waals surface area contributed by atoms with E-state index in [-0.39, 0.29) is 6.42 Å². The molecular formula is C12H10N4O2S. The molecule has 0 fully saturated rings. The fourth-order valence-corrected chi connectivity index (χ4v) is 2.86. The molecule has 0 radical (unpaired) electrons. The molecule has 1 N–H and O–H groups in total. The third kappa shape index (κ3) is 2.08. The van der Waals surface area contributed by atoms with Crippen LogP contribution in [0.3, 0.4) is 0 Å². The largest absolute Gasteiger partial charge is 0.481 e. The van der Waals surface area contributed by atoms with Gasteiger partial charge in [0.25, 0.3) is 0 Å². The molecule has 96 valence electrons. The van der Waals surface area contributed by atoms with Gasteiger partial charge in [-0.15, -0.1) is 5.10 Å². The Kier molecular flexibility index (Phi) is 2.75. The zero-order valence-corrected chi connectivity index (χ0v) is 10.9. The van der Waals surface area contributed by atoms with Crippen molar-refractivity contribution >= 4 is 22.3 Å². The standard InChI is InChI=1S/C12H10N4O2S/c1-7-9(6-10(17)18)19-12-14-11(15-16(7)12)8-2-4-13-5-3-8/h2-5H,6H2,1H3,(H,17,18). The van der Waals surface area contributed by atoms with Gasteiger partial charge in [0.2, 0.25) is 4.96 Å². The van der Waals surface area contributed by atoms with Crippen molar-refractivity contribution in [2.45, 2.75) is 13.3 Å². The summed E-state index contributed by atoms with van der Waals surface area (Å²) in [5.41, 5.74) is 1.72. The molecule has 0 aliphatic rings. The molecule has 0 spiro atoms. The molecule has 0 aliphatic carbocycles. The minimum absolute atomic E-state index is 0.00608. The summed E-state index contributed by atoms with van der Waals surface area (Å²) in [5.74, 6) is -0.222. The maximum absolute atomic E-state index is 10.8. The number of aryl methyl sites for hydroxylation is 1. The number of aliphatic carboxylic acids is 1. The third-order valence-corrected chi connectivity index (χ3v) is 3.90. The second kappa shape index (κ2) is 4.43. The molecule has 3 aromatic rings. The first-order valence-corrected chi connectivity index (χ1v) is 6.44. The Labute approximate surface area is 112 Å². The molecule has 7 heteroatoms. The lowest BCUT2D eigenvalue weighted by atomic mass is 10.3. The van der Waals surface area contributed by atoms with Crippen LogP contribution in [0.4, 0.5) is 0 Å². The summed E-state index contributed by atoms with van der Waals surface area (Å²) in [5, 5.41) is 13.2. The molecule has 0 aliphatic heterocycles. The zero-order chi connectivity index (χ0) is 13.4. The fourth-order valence-electron chi connectivity index (χ4n) is 1.81. The zero-order valence-electron chi connectivity index (χ0n) is 10.1. The van der Waals surface area contributed by atoms with Gasteiger partial charge in [0.15, 0.2) is 5.82 Å². The highest BCUT2D eigenvalue weighted by Gasteiger charge is 2.15. The normalized spacial score (nSPS) is 11.0. The smallest absolute Gasteiger partial charge is 0.308 e. The van der Waals surface area contributed by atoms with E-state index in [9.17, 15) is 4.79 Å². The van der Waals surface area contributed by atoms with Gasteiger partial charge in [-0.25, -0.2) is 4.52 Å². The number of hydrogen-bond donors (Lipinski definition) is 1. The molecule has 0 saturated heterocycles. The average molecular weight is 274 g/mol. The number of carbonyl (C=O) groups is 1. The first kappa shape index (κ1) is 11.8. The predicted molar refractivity (Wildman–Crippen MR) is 70.2 cm³/mol. The van der Waals surface area contributed by atoms with Crippen molar-refractivity contribution < 1.29 is 9.90 Å². The van der Waals surface area contributed by atoms with Gasteiger partial charge in [-0.05, 0) is 19.1 Å². The Hall–Kier alpha value is -2.28. The van der Waals surface area contributed by atoms with E-state index in [0.29, 0.717) is 10.8 Å². The summed E-state index contributed by atoms with van der Waals surface area (Å²) in [6, 6.07) is 3.68. The van der Waals surface area contributed by atoms with E-state index in [1.54, 1.807) is 16.9 Å². The van der Waals surface area contributed by atoms with E-state index < -0.39 is 5.97 Å². The molecule has 3 heterocycles. The van der Waals surface area contributed by atoms with Crippen molar-refractivity contribution in [3.63, 3.8) is 0 Å². The fraction of sp³-hybridized carbons (Fsp3) is 0.167. The quantitative estimate of drug-likeness (QED) is 0.787. The molecule has 3 aromatic heterocycles. The summed E-state index contributed by atoms with van der Waals surface area (Å²) >= 11 is 1.36. The molecule has 0 atom stereocenters. The minimum atomic E-state index is -0.845. The molecule has 6 nitrogen and oxygen atoms in total. The van der Waals surface area contributed by atoms with Crippen molar-refractivity contribution in [2.24, 2.45) is 0 Å². The molecule has 0 aromatic carbocycles. The number of carboxylic acids is 1. The van der Waals surface area contributed by atoms with Crippen LogP contribution in [0.25, 0.3) is 16.3 Å². The summed E-state index contributed by atoms with van der Waals surface area (Å²) in [4.78, 5) is 20.6. The van der Waals surface area contributed by atoms with Crippen molar-refractivity contribution in [3.8, 4) is 11.4 Å². The topological polar surface area (TPSA) is 80.4 Å². The van der Waals surface area contributed by atoms with Crippen LogP contribution in [0, 0.1) is 6.92 Å². The Morgan fingerprint density at radius 1 is 1.42 bits per heavy atom. The monoisotopic (exact) mass is 274 g/mol. The Bertz CT molecular complexity index is 748. The van der Waals surface area contributed by atoms with Gasteiger partial charge in [0.1, 0.15) is 0 Å². The van der Waals surface area contributed by atoms with Crippen molar-refractivity contribution in [2.75, 3.05) is 0 Å². The van der Waals surface area contributed by atoms with Gasteiger partial charge in [-0.1, -0.05) is 11.3 Å². The Morgan fingerprint density at radius 2 is 2.16 bits per heavy atom. The first-order valence-electron chi connectivity index (χ1n) is 5.62. The van der Waals surface area contributed by atoms with Crippen molar-refractivity contribution in [3.05, 3.63) is 35.1 Å². The van der Waals surface area contributed by atoms with Crippen molar-refractivity contribution in [1.29, 1.82) is 0 Å². The molecule has 0 saturated carbocycles. The summed E-state index contributed by atoms with van der Waals surface area (Å²) < 4.78 is 1.69. The van der Waals surface area contributed by atoms with Crippen molar-refractivity contribution in [1.82, 2.24) is 19.6 Å². The van der Waals surface area contributed by atoms with E-state index in [1.165, 1.54) is 11.3 Å².